The fraction of sp³-hybridized carbons (Fsp3) is 0.316. The third-order valence-corrected chi connectivity index (χ3v) is 3.17. The molecule has 2 rings (SSSR count). The van der Waals surface area contributed by atoms with Crippen LogP contribution in [0.5, 0.6) is 11.5 Å². The van der Waals surface area contributed by atoms with Crippen molar-refractivity contribution in [2.45, 2.75) is 32.4 Å². The van der Waals surface area contributed by atoms with E-state index < -0.39 is 11.7 Å². The molecular formula is C19H24N2O3. The van der Waals surface area contributed by atoms with E-state index in [2.05, 4.69) is 5.32 Å². The maximum atomic E-state index is 12.0. The van der Waals surface area contributed by atoms with Crippen LogP contribution in [0.3, 0.4) is 0 Å². The molecule has 1 amide bonds. The molecule has 1 atom stereocenters. The van der Waals surface area contributed by atoms with E-state index in [1.165, 1.54) is 0 Å². The Morgan fingerprint density at radius 3 is 2.38 bits per heavy atom. The molecule has 2 aromatic carbocycles. The van der Waals surface area contributed by atoms with Gasteiger partial charge in [0.1, 0.15) is 17.1 Å². The van der Waals surface area contributed by atoms with Crippen molar-refractivity contribution < 1.29 is 14.3 Å². The highest BCUT2D eigenvalue weighted by Crippen LogP contribution is 2.24. The van der Waals surface area contributed by atoms with Gasteiger partial charge in [0.05, 0.1) is 6.04 Å². The second-order valence-electron chi connectivity index (χ2n) is 6.42. The fourth-order valence-corrected chi connectivity index (χ4v) is 2.15. The smallest absolute Gasteiger partial charge is 0.408 e. The number of nitrogens with one attached hydrogen (secondary N) is 1. The third kappa shape index (κ3) is 5.59. The van der Waals surface area contributed by atoms with Gasteiger partial charge in [-0.15, -0.1) is 0 Å². The summed E-state index contributed by atoms with van der Waals surface area (Å²) in [4.78, 5) is 12.0. The van der Waals surface area contributed by atoms with Crippen LogP contribution in [0.2, 0.25) is 0 Å². The summed E-state index contributed by atoms with van der Waals surface area (Å²) in [7, 11) is 0. The van der Waals surface area contributed by atoms with Crippen LogP contribution in [0.4, 0.5) is 4.79 Å². The van der Waals surface area contributed by atoms with Crippen molar-refractivity contribution in [1.29, 1.82) is 0 Å². The van der Waals surface area contributed by atoms with Crippen molar-refractivity contribution in [3.05, 3.63) is 60.2 Å². The largest absolute Gasteiger partial charge is 0.457 e. The van der Waals surface area contributed by atoms with Gasteiger partial charge >= 0.3 is 6.09 Å². The number of amides is 1. The first-order chi connectivity index (χ1) is 11.4. The molecule has 5 nitrogen and oxygen atoms in total. The maximum Gasteiger partial charge on any atom is 0.408 e. The highest BCUT2D eigenvalue weighted by Gasteiger charge is 2.20. The van der Waals surface area contributed by atoms with Gasteiger partial charge in [0.25, 0.3) is 0 Å². The number of para-hydroxylation sites is 1. The molecule has 0 aromatic heterocycles. The lowest BCUT2D eigenvalue weighted by molar-refractivity contribution is 0.0505. The summed E-state index contributed by atoms with van der Waals surface area (Å²) in [5, 5.41) is 2.79. The lowest BCUT2D eigenvalue weighted by Gasteiger charge is -2.23. The van der Waals surface area contributed by atoms with E-state index >= 15 is 0 Å². The molecule has 0 saturated carbocycles. The second kappa shape index (κ2) is 7.84. The van der Waals surface area contributed by atoms with E-state index in [4.69, 9.17) is 15.2 Å². The van der Waals surface area contributed by atoms with Crippen LogP contribution in [-0.4, -0.2) is 18.2 Å². The molecule has 0 bridgehead atoms. The Hall–Kier alpha value is -2.53. The lowest BCUT2D eigenvalue weighted by atomic mass is 10.1. The molecule has 1 unspecified atom stereocenters. The Morgan fingerprint density at radius 2 is 1.75 bits per heavy atom. The van der Waals surface area contributed by atoms with Gasteiger partial charge in [-0.25, -0.2) is 4.79 Å². The van der Waals surface area contributed by atoms with Gasteiger partial charge in [-0.1, -0.05) is 30.3 Å². The van der Waals surface area contributed by atoms with Crippen LogP contribution in [0.1, 0.15) is 32.4 Å². The Bertz CT molecular complexity index is 666. The summed E-state index contributed by atoms with van der Waals surface area (Å²) < 4.78 is 11.1. The van der Waals surface area contributed by atoms with E-state index in [-0.39, 0.29) is 12.6 Å². The highest BCUT2D eigenvalue weighted by atomic mass is 16.6. The van der Waals surface area contributed by atoms with Gasteiger partial charge in [-0.3, -0.25) is 0 Å². The molecule has 0 aliphatic carbocycles. The minimum Gasteiger partial charge on any atom is -0.457 e. The van der Waals surface area contributed by atoms with Crippen LogP contribution in [-0.2, 0) is 4.74 Å². The van der Waals surface area contributed by atoms with Gasteiger partial charge in [-0.2, -0.15) is 0 Å². The van der Waals surface area contributed by atoms with Gasteiger partial charge in [0.15, 0.2) is 0 Å². The minimum atomic E-state index is -0.554. The zero-order valence-corrected chi connectivity index (χ0v) is 14.3. The van der Waals surface area contributed by atoms with Crippen LogP contribution in [0, 0.1) is 0 Å². The number of rotatable bonds is 5. The van der Waals surface area contributed by atoms with Crippen LogP contribution in [0.25, 0.3) is 0 Å². The summed E-state index contributed by atoms with van der Waals surface area (Å²) in [6.07, 6.45) is -0.493. The standard InChI is InChI=1S/C19H24N2O3/c1-19(2,3)24-18(22)21-17(13-20)14-8-7-11-16(12-14)23-15-9-5-4-6-10-15/h4-12,17H,13,20H2,1-3H3,(H,21,22). The average molecular weight is 328 g/mol. The summed E-state index contributed by atoms with van der Waals surface area (Å²) in [5.74, 6) is 1.43. The van der Waals surface area contributed by atoms with Gasteiger partial charge in [0, 0.05) is 6.54 Å². The Labute approximate surface area is 142 Å². The Morgan fingerprint density at radius 1 is 1.08 bits per heavy atom. The Kier molecular flexibility index (Phi) is 5.82. The molecule has 0 radical (unpaired) electrons. The molecule has 0 spiro atoms. The van der Waals surface area contributed by atoms with Crippen LogP contribution < -0.4 is 15.8 Å². The second-order valence-corrected chi connectivity index (χ2v) is 6.42. The fourth-order valence-electron chi connectivity index (χ4n) is 2.15. The first kappa shape index (κ1) is 17.8. The van der Waals surface area contributed by atoms with E-state index in [0.717, 1.165) is 11.3 Å². The monoisotopic (exact) mass is 328 g/mol. The highest BCUT2D eigenvalue weighted by molar-refractivity contribution is 5.68. The zero-order chi connectivity index (χ0) is 17.6. The predicted octanol–water partition coefficient (Wildman–Crippen LogP) is 4.00. The number of alkyl carbamates (subject to hydrolysis) is 1. The molecule has 2 aromatic rings. The summed E-state index contributed by atoms with van der Waals surface area (Å²) in [5.41, 5.74) is 6.11. The predicted molar refractivity (Wildman–Crippen MR) is 94.1 cm³/mol. The molecule has 0 aliphatic heterocycles. The number of nitrogens with two attached hydrogens (primary N) is 1. The van der Waals surface area contributed by atoms with E-state index in [9.17, 15) is 4.79 Å². The Balaban J connectivity index is 2.09. The van der Waals surface area contributed by atoms with Gasteiger partial charge < -0.3 is 20.5 Å². The molecule has 0 heterocycles. The van der Waals surface area contributed by atoms with Crippen molar-refractivity contribution in [3.8, 4) is 11.5 Å². The average Bonchev–Trinajstić information content (AvgIpc) is 2.52. The lowest BCUT2D eigenvalue weighted by Crippen LogP contribution is -2.37. The van der Waals surface area contributed by atoms with Crippen molar-refractivity contribution in [2.75, 3.05) is 6.54 Å². The van der Waals surface area contributed by atoms with E-state index in [1.807, 2.05) is 75.4 Å². The quantitative estimate of drug-likeness (QED) is 0.870. The molecular weight excluding hydrogens is 304 g/mol. The minimum absolute atomic E-state index is 0.258. The van der Waals surface area contributed by atoms with Gasteiger partial charge in [0.2, 0.25) is 0 Å². The zero-order valence-electron chi connectivity index (χ0n) is 14.3. The van der Waals surface area contributed by atoms with Crippen molar-refractivity contribution >= 4 is 6.09 Å². The van der Waals surface area contributed by atoms with Crippen molar-refractivity contribution in [3.63, 3.8) is 0 Å². The van der Waals surface area contributed by atoms with Crippen molar-refractivity contribution in [2.24, 2.45) is 5.73 Å². The molecule has 24 heavy (non-hydrogen) atoms. The normalized spacial score (nSPS) is 12.3. The van der Waals surface area contributed by atoms with Gasteiger partial charge in [-0.05, 0) is 50.6 Å². The van der Waals surface area contributed by atoms with E-state index in [1.54, 1.807) is 0 Å². The number of carbonyl (C=O) groups is 1. The number of benzene rings is 2. The van der Waals surface area contributed by atoms with Crippen molar-refractivity contribution in [1.82, 2.24) is 5.32 Å². The number of carbonyl (C=O) groups excluding carboxylic acids is 1. The molecule has 5 heteroatoms. The summed E-state index contributed by atoms with van der Waals surface area (Å²) in [6.45, 7) is 5.71. The first-order valence-corrected chi connectivity index (χ1v) is 7.90. The number of ether oxygens (including phenoxy) is 2. The SMILES string of the molecule is CC(C)(C)OC(=O)NC(CN)c1cccc(Oc2ccccc2)c1. The number of hydrogen-bond donors (Lipinski definition) is 2. The topological polar surface area (TPSA) is 73.6 Å². The number of hydrogen-bond acceptors (Lipinski definition) is 4. The van der Waals surface area contributed by atoms with Crippen LogP contribution >= 0.6 is 0 Å². The van der Waals surface area contributed by atoms with Crippen LogP contribution in [0.15, 0.2) is 54.6 Å². The molecule has 0 aliphatic rings. The molecule has 128 valence electrons. The molecule has 0 fully saturated rings. The summed E-state index contributed by atoms with van der Waals surface area (Å²) in [6, 6.07) is 16.6. The maximum absolute atomic E-state index is 12.0. The molecule has 0 saturated heterocycles. The molecule has 3 N–H and O–H groups in total. The third-order valence-electron chi connectivity index (χ3n) is 3.17. The first-order valence-electron chi connectivity index (χ1n) is 7.90. The van der Waals surface area contributed by atoms with E-state index in [0.29, 0.717) is 5.75 Å². The summed E-state index contributed by atoms with van der Waals surface area (Å²) >= 11 is 0.